The Bertz CT molecular complexity index is 4490. The molecular weight excluding hydrogens is 979 g/mol. The zero-order valence-electron chi connectivity index (χ0n) is 45.4. The van der Waals surface area contributed by atoms with Crippen LogP contribution in [0.5, 0.6) is 0 Å². The van der Waals surface area contributed by atoms with E-state index in [-0.39, 0.29) is 0 Å². The Kier molecular flexibility index (Phi) is 12.6. The highest BCUT2D eigenvalue weighted by atomic mass is 14.7. The van der Waals surface area contributed by atoms with Crippen molar-refractivity contribution in [1.82, 2.24) is 15.0 Å². The number of hydrogen-bond donors (Lipinski definition) is 0. The number of nitrogens with zero attached hydrogens (tertiary/aromatic N) is 3. The van der Waals surface area contributed by atoms with Gasteiger partial charge in [-0.15, -0.1) is 0 Å². The molecule has 14 aromatic rings. The van der Waals surface area contributed by atoms with E-state index in [9.17, 15) is 0 Å². The zero-order valence-corrected chi connectivity index (χ0v) is 45.4. The maximum absolute atomic E-state index is 4.95. The summed E-state index contributed by atoms with van der Waals surface area (Å²) in [7, 11) is 0. The van der Waals surface area contributed by atoms with Crippen LogP contribution in [0.15, 0.2) is 279 Å². The van der Waals surface area contributed by atoms with Gasteiger partial charge in [-0.1, -0.05) is 212 Å². The standard InChI is InChI=1S/C78H55N3/c1-50-24-39-76(79-47-50)55-31-27-53(28-32-55)62-14-4-6-16-64(62)59-42-60(65-17-7-5-15-63(65)54-29-33-56(34-30-54)77-40-25-51(2)48-80-77)44-61(43-59)66-18-8-9-19-67(66)72-38-36-58(78-41-26-52(3)49-81-78)46-74(72)57-35-37-73-70-22-11-10-20-68(70)69-21-12-13-23-71(69)75(73)45-57/h4-49H,1-3H3. The summed E-state index contributed by atoms with van der Waals surface area (Å²) in [6, 6.07) is 95.8. The molecular formula is C78H55N3. The summed E-state index contributed by atoms with van der Waals surface area (Å²) in [5.41, 5.74) is 25.5. The second-order valence-corrected chi connectivity index (χ2v) is 21.4. The van der Waals surface area contributed by atoms with E-state index < -0.39 is 0 Å². The van der Waals surface area contributed by atoms with Crippen LogP contribution in [0, 0.1) is 20.8 Å². The molecule has 0 aliphatic rings. The van der Waals surface area contributed by atoms with Crippen LogP contribution >= 0.6 is 0 Å². The van der Waals surface area contributed by atoms with Crippen molar-refractivity contribution in [3.8, 4) is 112 Å². The smallest absolute Gasteiger partial charge is 0.0702 e. The lowest BCUT2D eigenvalue weighted by Crippen LogP contribution is -1.94. The van der Waals surface area contributed by atoms with Gasteiger partial charge in [0.1, 0.15) is 0 Å². The largest absolute Gasteiger partial charge is 0.256 e. The lowest BCUT2D eigenvalue weighted by molar-refractivity contribution is 1.27. The molecule has 0 N–H and O–H groups in total. The van der Waals surface area contributed by atoms with E-state index in [1.165, 1.54) is 32.3 Å². The molecule has 3 heterocycles. The first-order valence-corrected chi connectivity index (χ1v) is 27.8. The fourth-order valence-corrected chi connectivity index (χ4v) is 11.8. The Morgan fingerprint density at radius 3 is 0.914 bits per heavy atom. The van der Waals surface area contributed by atoms with Gasteiger partial charge in [0.25, 0.3) is 0 Å². The summed E-state index contributed by atoms with van der Waals surface area (Å²) in [6.45, 7) is 6.24. The van der Waals surface area contributed by atoms with Gasteiger partial charge in [-0.2, -0.15) is 0 Å². The molecule has 0 radical (unpaired) electrons. The maximum atomic E-state index is 4.95. The zero-order chi connectivity index (χ0) is 54.4. The van der Waals surface area contributed by atoms with Gasteiger partial charge >= 0.3 is 0 Å². The Morgan fingerprint density at radius 1 is 0.185 bits per heavy atom. The minimum atomic E-state index is 0.941. The fraction of sp³-hybridized carbons (Fsp3) is 0.0385. The van der Waals surface area contributed by atoms with Crippen LogP contribution in [-0.4, -0.2) is 15.0 Å². The van der Waals surface area contributed by atoms with E-state index >= 15 is 0 Å². The van der Waals surface area contributed by atoms with Crippen molar-refractivity contribution in [2.24, 2.45) is 0 Å². The highest BCUT2D eigenvalue weighted by Crippen LogP contribution is 2.46. The lowest BCUT2D eigenvalue weighted by Gasteiger charge is -2.20. The molecule has 0 aliphatic heterocycles. The molecule has 0 aliphatic carbocycles. The maximum Gasteiger partial charge on any atom is 0.0702 e. The van der Waals surface area contributed by atoms with Gasteiger partial charge in [-0.05, 0) is 196 Å². The third kappa shape index (κ3) is 9.35. The summed E-state index contributed by atoms with van der Waals surface area (Å²) in [5.74, 6) is 0. The number of fused-ring (bicyclic) bond motifs is 6. The molecule has 0 saturated carbocycles. The normalized spacial score (nSPS) is 11.4. The Hall–Kier alpha value is -10.4. The number of aryl methyl sites for hydroxylation is 3. The van der Waals surface area contributed by atoms with Gasteiger partial charge < -0.3 is 0 Å². The lowest BCUT2D eigenvalue weighted by atomic mass is 9.84. The third-order valence-electron chi connectivity index (χ3n) is 16.0. The van der Waals surface area contributed by atoms with E-state index in [0.29, 0.717) is 0 Å². The minimum Gasteiger partial charge on any atom is -0.256 e. The average Bonchev–Trinajstić information content (AvgIpc) is 3.65. The van der Waals surface area contributed by atoms with Crippen LogP contribution in [0.2, 0.25) is 0 Å². The molecule has 0 saturated heterocycles. The van der Waals surface area contributed by atoms with Crippen LogP contribution in [-0.2, 0) is 0 Å². The molecule has 81 heavy (non-hydrogen) atoms. The summed E-state index contributed by atoms with van der Waals surface area (Å²) in [4.78, 5) is 14.4. The van der Waals surface area contributed by atoms with E-state index in [0.717, 1.165) is 128 Å². The van der Waals surface area contributed by atoms with Crippen molar-refractivity contribution in [2.45, 2.75) is 20.8 Å². The molecule has 382 valence electrons. The second-order valence-electron chi connectivity index (χ2n) is 21.4. The summed E-state index contributed by atoms with van der Waals surface area (Å²) < 4.78 is 0. The monoisotopic (exact) mass is 1030 g/mol. The number of rotatable bonds is 10. The Labute approximate surface area is 473 Å². The van der Waals surface area contributed by atoms with Crippen molar-refractivity contribution in [2.75, 3.05) is 0 Å². The fourth-order valence-electron chi connectivity index (χ4n) is 11.8. The summed E-state index contributed by atoms with van der Waals surface area (Å²) in [5, 5.41) is 7.51. The summed E-state index contributed by atoms with van der Waals surface area (Å²) >= 11 is 0. The first-order valence-electron chi connectivity index (χ1n) is 27.8. The molecule has 0 fully saturated rings. The van der Waals surface area contributed by atoms with Crippen LogP contribution < -0.4 is 0 Å². The molecule has 0 atom stereocenters. The van der Waals surface area contributed by atoms with E-state index in [1.807, 2.05) is 18.6 Å². The van der Waals surface area contributed by atoms with E-state index in [2.05, 4.69) is 282 Å². The van der Waals surface area contributed by atoms with Crippen LogP contribution in [0.3, 0.4) is 0 Å². The number of aromatic nitrogens is 3. The number of benzene rings is 11. The average molecular weight is 1030 g/mol. The molecule has 14 rings (SSSR count). The first-order chi connectivity index (χ1) is 39.9. The molecule has 11 aromatic carbocycles. The topological polar surface area (TPSA) is 38.7 Å². The van der Waals surface area contributed by atoms with Crippen molar-refractivity contribution < 1.29 is 0 Å². The van der Waals surface area contributed by atoms with Crippen molar-refractivity contribution in [3.05, 3.63) is 296 Å². The van der Waals surface area contributed by atoms with E-state index in [4.69, 9.17) is 15.0 Å². The Morgan fingerprint density at radius 2 is 0.494 bits per heavy atom. The molecule has 0 amide bonds. The van der Waals surface area contributed by atoms with Crippen LogP contribution in [0.25, 0.3) is 144 Å². The van der Waals surface area contributed by atoms with Gasteiger partial charge in [0.05, 0.1) is 17.1 Å². The first kappa shape index (κ1) is 49.0. The molecule has 0 unspecified atom stereocenters. The molecule has 0 bridgehead atoms. The van der Waals surface area contributed by atoms with Gasteiger partial charge in [0.15, 0.2) is 0 Å². The van der Waals surface area contributed by atoms with Crippen molar-refractivity contribution in [1.29, 1.82) is 0 Å². The van der Waals surface area contributed by atoms with Gasteiger partial charge in [0.2, 0.25) is 0 Å². The number of hydrogen-bond acceptors (Lipinski definition) is 3. The highest BCUT2D eigenvalue weighted by Gasteiger charge is 2.20. The minimum absolute atomic E-state index is 0.941. The molecule has 3 heteroatoms. The molecule has 3 nitrogen and oxygen atoms in total. The van der Waals surface area contributed by atoms with Gasteiger partial charge in [-0.3, -0.25) is 15.0 Å². The van der Waals surface area contributed by atoms with Crippen LogP contribution in [0.4, 0.5) is 0 Å². The predicted molar refractivity (Wildman–Crippen MR) is 341 cm³/mol. The Balaban J connectivity index is 0.964. The van der Waals surface area contributed by atoms with Gasteiger partial charge in [-0.25, -0.2) is 0 Å². The van der Waals surface area contributed by atoms with Gasteiger partial charge in [0, 0.05) is 35.3 Å². The SMILES string of the molecule is Cc1ccc(-c2ccc(-c3ccccc3-c3cc(-c4ccccc4-c4ccc(-c5ccc(C)cn5)cc4)cc(-c4ccccc4-c4ccc(-c5ccc(C)cn5)cc4-c4ccc5c6ccccc6c6ccccc6c5c4)c3)cc2)nc1. The summed E-state index contributed by atoms with van der Waals surface area (Å²) in [6.07, 6.45) is 5.83. The van der Waals surface area contributed by atoms with Crippen molar-refractivity contribution >= 4 is 32.3 Å². The van der Waals surface area contributed by atoms with Crippen LogP contribution in [0.1, 0.15) is 16.7 Å². The third-order valence-corrected chi connectivity index (χ3v) is 16.0. The van der Waals surface area contributed by atoms with E-state index in [1.54, 1.807) is 0 Å². The molecule has 0 spiro atoms. The van der Waals surface area contributed by atoms with Crippen molar-refractivity contribution in [3.63, 3.8) is 0 Å². The number of pyridine rings is 3. The molecule has 3 aromatic heterocycles. The quantitative estimate of drug-likeness (QED) is 0.128. The predicted octanol–water partition coefficient (Wildman–Crippen LogP) is 20.9. The second kappa shape index (κ2) is 20.8. The highest BCUT2D eigenvalue weighted by molar-refractivity contribution is 6.26.